The van der Waals surface area contributed by atoms with E-state index in [1.54, 1.807) is 5.69 Å². The van der Waals surface area contributed by atoms with E-state index in [1.807, 2.05) is 0 Å². The first-order valence-corrected chi connectivity index (χ1v) is 8.25. The Bertz CT molecular complexity index is 503. The van der Waals surface area contributed by atoms with Crippen molar-refractivity contribution in [3.63, 3.8) is 0 Å². The molecule has 1 saturated carbocycles. The van der Waals surface area contributed by atoms with Crippen molar-refractivity contribution in [1.82, 2.24) is 19.8 Å². The van der Waals surface area contributed by atoms with Gasteiger partial charge in [-0.25, -0.2) is 4.98 Å². The van der Waals surface area contributed by atoms with Gasteiger partial charge in [-0.15, -0.1) is 0 Å². The third kappa shape index (κ3) is 2.09. The predicted octanol–water partition coefficient (Wildman–Crippen LogP) is 2.06. The highest BCUT2D eigenvalue weighted by atomic mass is 15.2. The minimum Gasteiger partial charge on any atom is -0.328 e. The zero-order valence-electron chi connectivity index (χ0n) is 12.7. The summed E-state index contributed by atoms with van der Waals surface area (Å²) in [6, 6.07) is 1.38. The largest absolute Gasteiger partial charge is 0.328 e. The van der Waals surface area contributed by atoms with Gasteiger partial charge in [-0.2, -0.15) is 0 Å². The van der Waals surface area contributed by atoms with Gasteiger partial charge in [-0.1, -0.05) is 0 Å². The van der Waals surface area contributed by atoms with Gasteiger partial charge >= 0.3 is 0 Å². The summed E-state index contributed by atoms with van der Waals surface area (Å²) >= 11 is 0. The van der Waals surface area contributed by atoms with E-state index in [0.29, 0.717) is 12.1 Å². The molecule has 0 radical (unpaired) electrons. The van der Waals surface area contributed by atoms with Crippen molar-refractivity contribution >= 4 is 0 Å². The van der Waals surface area contributed by atoms with Gasteiger partial charge in [-0.05, 0) is 39.7 Å². The molecule has 1 N–H and O–H groups in total. The highest BCUT2D eigenvalue weighted by molar-refractivity contribution is 5.25. The normalized spacial score (nSPS) is 31.3. The van der Waals surface area contributed by atoms with E-state index in [2.05, 4.69) is 28.8 Å². The molecule has 1 aliphatic carbocycles. The fourth-order valence-electron chi connectivity index (χ4n) is 3.89. The van der Waals surface area contributed by atoms with Crippen molar-refractivity contribution < 1.29 is 0 Å². The highest BCUT2D eigenvalue weighted by Crippen LogP contribution is 2.43. The Kier molecular flexibility index (Phi) is 3.11. The number of fused-ring (bicyclic) bond motifs is 1. The number of nitrogens with one attached hydrogen (secondary N) is 1. The minimum absolute atomic E-state index is 0.686. The summed E-state index contributed by atoms with van der Waals surface area (Å²) in [7, 11) is 2.26. The minimum atomic E-state index is 0.686. The number of rotatable bonds is 2. The van der Waals surface area contributed by atoms with Crippen LogP contribution in [-0.4, -0.2) is 40.6 Å². The van der Waals surface area contributed by atoms with Crippen molar-refractivity contribution in [2.75, 3.05) is 20.1 Å². The molecule has 4 nitrogen and oxygen atoms in total. The maximum absolute atomic E-state index is 5.02. The second kappa shape index (κ2) is 4.85. The number of nitrogens with zero attached hydrogens (tertiary/aromatic N) is 3. The van der Waals surface area contributed by atoms with Crippen LogP contribution in [0.1, 0.15) is 61.8 Å². The average molecular weight is 274 g/mol. The Hall–Kier alpha value is -0.870. The van der Waals surface area contributed by atoms with Crippen LogP contribution in [0.5, 0.6) is 0 Å². The lowest BCUT2D eigenvalue weighted by molar-refractivity contribution is 0.153. The lowest BCUT2D eigenvalue weighted by Crippen LogP contribution is -2.39. The van der Waals surface area contributed by atoms with Crippen molar-refractivity contribution in [3.05, 3.63) is 17.2 Å². The topological polar surface area (TPSA) is 33.1 Å². The maximum atomic E-state index is 5.02. The molecule has 20 heavy (non-hydrogen) atoms. The summed E-state index contributed by atoms with van der Waals surface area (Å²) in [6.07, 6.45) is 6.44. The lowest BCUT2D eigenvalue weighted by Gasteiger charge is -2.37. The van der Waals surface area contributed by atoms with Gasteiger partial charge in [0.25, 0.3) is 0 Å². The second-order valence-corrected chi connectivity index (χ2v) is 6.94. The van der Waals surface area contributed by atoms with Gasteiger partial charge in [0.15, 0.2) is 0 Å². The van der Waals surface area contributed by atoms with E-state index in [9.17, 15) is 0 Å². The number of likely N-dealkylation sites (tertiary alicyclic amines) is 1. The van der Waals surface area contributed by atoms with Crippen LogP contribution in [0.2, 0.25) is 0 Å². The molecule has 4 rings (SSSR count). The number of hydrogen-bond acceptors (Lipinski definition) is 3. The van der Waals surface area contributed by atoms with Crippen LogP contribution < -0.4 is 5.32 Å². The van der Waals surface area contributed by atoms with Crippen LogP contribution in [-0.2, 0) is 13.0 Å². The monoisotopic (exact) mass is 274 g/mol. The third-order valence-electron chi connectivity index (χ3n) is 5.44. The third-order valence-corrected chi connectivity index (χ3v) is 5.44. The molecule has 3 aliphatic rings. The average Bonchev–Trinajstić information content (AvgIpc) is 3.23. The zero-order valence-corrected chi connectivity index (χ0v) is 12.7. The molecule has 3 heterocycles. The van der Waals surface area contributed by atoms with Crippen LogP contribution in [0.3, 0.4) is 0 Å². The Morgan fingerprint density at radius 2 is 2.10 bits per heavy atom. The lowest BCUT2D eigenvalue weighted by atomic mass is 9.97. The van der Waals surface area contributed by atoms with Gasteiger partial charge in [0.05, 0.1) is 5.69 Å². The number of piperidine rings is 1. The first-order valence-electron chi connectivity index (χ1n) is 8.25. The van der Waals surface area contributed by atoms with Crippen LogP contribution >= 0.6 is 0 Å². The van der Waals surface area contributed by atoms with E-state index < -0.39 is 0 Å². The molecule has 2 unspecified atom stereocenters. The molecule has 0 bridgehead atoms. The summed E-state index contributed by atoms with van der Waals surface area (Å²) in [6.45, 7) is 5.68. The Morgan fingerprint density at radius 3 is 2.85 bits per heavy atom. The van der Waals surface area contributed by atoms with Crippen LogP contribution in [0, 0.1) is 0 Å². The first kappa shape index (κ1) is 12.8. The predicted molar refractivity (Wildman–Crippen MR) is 80.0 cm³/mol. The van der Waals surface area contributed by atoms with E-state index in [4.69, 9.17) is 4.98 Å². The number of imidazole rings is 1. The molecule has 110 valence electrons. The highest BCUT2D eigenvalue weighted by Gasteiger charge is 2.35. The van der Waals surface area contributed by atoms with Gasteiger partial charge in [0.1, 0.15) is 5.82 Å². The van der Waals surface area contributed by atoms with Gasteiger partial charge in [-0.3, -0.25) is 0 Å². The summed E-state index contributed by atoms with van der Waals surface area (Å²) in [4.78, 5) is 7.52. The number of hydrogen-bond donors (Lipinski definition) is 1. The Labute approximate surface area is 121 Å². The van der Waals surface area contributed by atoms with E-state index >= 15 is 0 Å². The number of aromatic nitrogens is 2. The van der Waals surface area contributed by atoms with E-state index in [1.165, 1.54) is 43.7 Å². The molecule has 2 atom stereocenters. The summed E-state index contributed by atoms with van der Waals surface area (Å²) in [5.74, 6) is 2.18. The second-order valence-electron chi connectivity index (χ2n) is 6.94. The molecule has 0 amide bonds. The smallest absolute Gasteiger partial charge is 0.112 e. The Morgan fingerprint density at radius 1 is 1.25 bits per heavy atom. The van der Waals surface area contributed by atoms with Crippen molar-refractivity contribution in [3.8, 4) is 0 Å². The summed E-state index contributed by atoms with van der Waals surface area (Å²) < 4.78 is 2.68. The van der Waals surface area contributed by atoms with Gasteiger partial charge < -0.3 is 14.8 Å². The van der Waals surface area contributed by atoms with Crippen LogP contribution in [0.4, 0.5) is 0 Å². The molecule has 2 fully saturated rings. The van der Waals surface area contributed by atoms with E-state index in [0.717, 1.165) is 25.4 Å². The maximum Gasteiger partial charge on any atom is 0.112 e. The fourth-order valence-corrected chi connectivity index (χ4v) is 3.89. The molecule has 2 aliphatic heterocycles. The standard InChI is InChI=1S/C16H26N4/c1-11-9-13(6-8-19(11)2)20-15-5-7-17-10-14(15)18-16(20)12-3-4-12/h11-13,17H,3-10H2,1-2H3. The summed E-state index contributed by atoms with van der Waals surface area (Å²) in [5, 5.41) is 3.48. The van der Waals surface area contributed by atoms with Crippen LogP contribution in [0.25, 0.3) is 0 Å². The van der Waals surface area contributed by atoms with Crippen molar-refractivity contribution in [1.29, 1.82) is 0 Å². The molecule has 1 aromatic heterocycles. The molecule has 1 aromatic rings. The Balaban J connectivity index is 1.70. The SMILES string of the molecule is CC1CC(n2c(C3CC3)nc3c2CCNC3)CCN1C. The van der Waals surface area contributed by atoms with Crippen molar-refractivity contribution in [2.45, 2.75) is 63.6 Å². The molecule has 4 heteroatoms. The first-order chi connectivity index (χ1) is 9.74. The summed E-state index contributed by atoms with van der Waals surface area (Å²) in [5.41, 5.74) is 2.89. The molecular weight excluding hydrogens is 248 g/mol. The van der Waals surface area contributed by atoms with Crippen LogP contribution in [0.15, 0.2) is 0 Å². The molecule has 0 spiro atoms. The molecular formula is C16H26N4. The van der Waals surface area contributed by atoms with Gasteiger partial charge in [0.2, 0.25) is 0 Å². The zero-order chi connectivity index (χ0) is 13.7. The molecule has 0 aromatic carbocycles. The van der Waals surface area contributed by atoms with E-state index in [-0.39, 0.29) is 0 Å². The quantitative estimate of drug-likeness (QED) is 0.896. The van der Waals surface area contributed by atoms with Crippen molar-refractivity contribution in [2.24, 2.45) is 0 Å². The molecule has 1 saturated heterocycles. The fraction of sp³-hybridized carbons (Fsp3) is 0.812. The van der Waals surface area contributed by atoms with Gasteiger partial charge in [0, 0.05) is 49.8 Å².